The third kappa shape index (κ3) is 3.28. The Labute approximate surface area is 175 Å². The zero-order valence-corrected chi connectivity index (χ0v) is 17.3. The SMILES string of the molecule is Cc1ccsc1C1/C(=C(/O)c2ccc(Cl)cc2)C(=O)C(=O)N1Cc1cccs1. The van der Waals surface area contributed by atoms with Crippen LogP contribution in [0.15, 0.2) is 58.8 Å². The normalized spacial score (nSPS) is 18.8. The number of thiophene rings is 2. The van der Waals surface area contributed by atoms with Crippen molar-refractivity contribution in [3.63, 3.8) is 0 Å². The molecule has 4 nitrogen and oxygen atoms in total. The summed E-state index contributed by atoms with van der Waals surface area (Å²) >= 11 is 8.94. The second-order valence-electron chi connectivity index (χ2n) is 6.48. The molecule has 3 heterocycles. The first-order chi connectivity index (χ1) is 13.5. The van der Waals surface area contributed by atoms with Crippen LogP contribution in [0.25, 0.3) is 5.76 Å². The summed E-state index contributed by atoms with van der Waals surface area (Å²) in [5.74, 6) is -1.44. The quantitative estimate of drug-likeness (QED) is 0.343. The van der Waals surface area contributed by atoms with Crippen LogP contribution in [-0.4, -0.2) is 21.7 Å². The summed E-state index contributed by atoms with van der Waals surface area (Å²) in [6.07, 6.45) is 0. The molecule has 1 N–H and O–H groups in total. The molecule has 0 aliphatic carbocycles. The predicted octanol–water partition coefficient (Wildman–Crippen LogP) is 5.39. The van der Waals surface area contributed by atoms with Crippen molar-refractivity contribution in [3.8, 4) is 0 Å². The van der Waals surface area contributed by atoms with Crippen molar-refractivity contribution < 1.29 is 14.7 Å². The molecule has 1 unspecified atom stereocenters. The van der Waals surface area contributed by atoms with Gasteiger partial charge in [-0.2, -0.15) is 0 Å². The summed E-state index contributed by atoms with van der Waals surface area (Å²) in [5.41, 5.74) is 1.56. The maximum atomic E-state index is 12.9. The lowest BCUT2D eigenvalue weighted by Gasteiger charge is -2.24. The zero-order chi connectivity index (χ0) is 19.8. The summed E-state index contributed by atoms with van der Waals surface area (Å²) in [6.45, 7) is 2.26. The molecule has 3 aromatic rings. The van der Waals surface area contributed by atoms with E-state index in [0.29, 0.717) is 17.1 Å². The molecule has 28 heavy (non-hydrogen) atoms. The van der Waals surface area contributed by atoms with Gasteiger partial charge in [-0.3, -0.25) is 9.59 Å². The topological polar surface area (TPSA) is 57.6 Å². The first-order valence-electron chi connectivity index (χ1n) is 8.58. The number of hydrogen-bond acceptors (Lipinski definition) is 5. The molecule has 2 aromatic heterocycles. The molecule has 1 aliphatic heterocycles. The fraction of sp³-hybridized carbons (Fsp3) is 0.143. The van der Waals surface area contributed by atoms with Gasteiger partial charge >= 0.3 is 0 Å². The van der Waals surface area contributed by atoms with Gasteiger partial charge in [0.15, 0.2) is 0 Å². The Morgan fingerprint density at radius 2 is 1.86 bits per heavy atom. The minimum Gasteiger partial charge on any atom is -0.507 e. The fourth-order valence-corrected chi connectivity index (χ4v) is 5.19. The predicted molar refractivity (Wildman–Crippen MR) is 113 cm³/mol. The van der Waals surface area contributed by atoms with Gasteiger partial charge in [-0.25, -0.2) is 0 Å². The van der Waals surface area contributed by atoms with Crippen LogP contribution in [0, 0.1) is 6.92 Å². The monoisotopic (exact) mass is 429 g/mol. The smallest absolute Gasteiger partial charge is 0.296 e. The summed E-state index contributed by atoms with van der Waals surface area (Å²) in [5, 5.41) is 15.3. The van der Waals surface area contributed by atoms with Crippen molar-refractivity contribution in [2.75, 3.05) is 0 Å². The van der Waals surface area contributed by atoms with Crippen molar-refractivity contribution in [1.82, 2.24) is 4.90 Å². The average Bonchev–Trinajstić information content (AvgIpc) is 3.39. The van der Waals surface area contributed by atoms with Crippen LogP contribution < -0.4 is 0 Å². The van der Waals surface area contributed by atoms with Crippen LogP contribution in [-0.2, 0) is 16.1 Å². The van der Waals surface area contributed by atoms with Gasteiger partial charge in [0.05, 0.1) is 12.1 Å². The number of nitrogens with zero attached hydrogens (tertiary/aromatic N) is 1. The molecule has 0 spiro atoms. The number of carbonyl (C=O) groups is 2. The molecule has 1 saturated heterocycles. The van der Waals surface area contributed by atoms with E-state index in [4.69, 9.17) is 11.6 Å². The highest BCUT2D eigenvalue weighted by atomic mass is 35.5. The number of ketones is 1. The van der Waals surface area contributed by atoms with E-state index in [1.807, 2.05) is 35.9 Å². The van der Waals surface area contributed by atoms with Crippen molar-refractivity contribution in [3.05, 3.63) is 84.7 Å². The fourth-order valence-electron chi connectivity index (χ4n) is 3.31. The number of aliphatic hydroxyl groups excluding tert-OH is 1. The van der Waals surface area contributed by atoms with E-state index >= 15 is 0 Å². The third-order valence-electron chi connectivity index (χ3n) is 4.71. The number of aliphatic hydroxyl groups is 1. The highest BCUT2D eigenvalue weighted by molar-refractivity contribution is 7.10. The molecule has 142 valence electrons. The minimum absolute atomic E-state index is 0.120. The molecule has 1 aromatic carbocycles. The van der Waals surface area contributed by atoms with Gasteiger partial charge in [-0.05, 0) is 59.6 Å². The van der Waals surface area contributed by atoms with Gasteiger partial charge in [0.2, 0.25) is 0 Å². The average molecular weight is 430 g/mol. The lowest BCUT2D eigenvalue weighted by atomic mass is 9.98. The lowest BCUT2D eigenvalue weighted by molar-refractivity contribution is -0.140. The van der Waals surface area contributed by atoms with Crippen molar-refractivity contribution >= 4 is 51.7 Å². The molecule has 1 fully saturated rings. The Hall–Kier alpha value is -2.41. The Morgan fingerprint density at radius 1 is 1.11 bits per heavy atom. The number of likely N-dealkylation sites (tertiary alicyclic amines) is 1. The molecule has 4 rings (SSSR count). The van der Waals surface area contributed by atoms with Gasteiger partial charge in [-0.1, -0.05) is 17.7 Å². The molecule has 0 saturated carbocycles. The first kappa shape index (κ1) is 18.9. The molecule has 7 heteroatoms. The van der Waals surface area contributed by atoms with Crippen LogP contribution >= 0.6 is 34.3 Å². The molecule has 1 atom stereocenters. The summed E-state index contributed by atoms with van der Waals surface area (Å²) in [4.78, 5) is 29.2. The number of Topliss-reactive ketones (excluding diaryl/α,β-unsaturated/α-hetero) is 1. The highest BCUT2D eigenvalue weighted by Gasteiger charge is 2.47. The maximum Gasteiger partial charge on any atom is 0.296 e. The number of aryl methyl sites for hydroxylation is 1. The third-order valence-corrected chi connectivity index (χ3v) is 6.90. The summed E-state index contributed by atoms with van der Waals surface area (Å²) < 4.78 is 0. The van der Waals surface area contributed by atoms with Gasteiger partial charge in [-0.15, -0.1) is 22.7 Å². The largest absolute Gasteiger partial charge is 0.507 e. The molecule has 1 aliphatic rings. The van der Waals surface area contributed by atoms with Crippen molar-refractivity contribution in [2.45, 2.75) is 19.5 Å². The number of halogens is 1. The Balaban J connectivity index is 1.87. The van der Waals surface area contributed by atoms with E-state index in [9.17, 15) is 14.7 Å². The second kappa shape index (κ2) is 7.54. The number of hydrogen-bond donors (Lipinski definition) is 1. The Kier molecular flexibility index (Phi) is 5.10. The van der Waals surface area contributed by atoms with E-state index < -0.39 is 17.7 Å². The number of rotatable bonds is 4. The van der Waals surface area contributed by atoms with Crippen LogP contribution in [0.1, 0.15) is 26.9 Å². The number of carbonyl (C=O) groups excluding carboxylic acids is 2. The van der Waals surface area contributed by atoms with E-state index in [1.165, 1.54) is 22.7 Å². The molecule has 1 amide bonds. The molecular formula is C21H16ClNO3S2. The van der Waals surface area contributed by atoms with Crippen LogP contribution in [0.5, 0.6) is 0 Å². The van der Waals surface area contributed by atoms with Gasteiger partial charge < -0.3 is 10.0 Å². The van der Waals surface area contributed by atoms with Gasteiger partial charge in [0.1, 0.15) is 11.8 Å². The molecule has 0 bridgehead atoms. The summed E-state index contributed by atoms with van der Waals surface area (Å²) in [6, 6.07) is 11.8. The molecular weight excluding hydrogens is 414 g/mol. The lowest BCUT2D eigenvalue weighted by Crippen LogP contribution is -2.28. The standard InChI is InChI=1S/C21H16ClNO3S2/c1-12-8-10-28-20(12)17-16(18(24)13-4-6-14(22)7-5-13)19(25)21(26)23(17)11-15-3-2-9-27-15/h2-10,17,24H,11H2,1H3/b18-16-. The van der Waals surface area contributed by atoms with E-state index in [-0.39, 0.29) is 11.3 Å². The first-order valence-corrected chi connectivity index (χ1v) is 10.7. The second-order valence-corrected chi connectivity index (χ2v) is 8.90. The number of benzene rings is 1. The van der Waals surface area contributed by atoms with E-state index in [0.717, 1.165) is 15.3 Å². The van der Waals surface area contributed by atoms with Crippen molar-refractivity contribution in [2.24, 2.45) is 0 Å². The Bertz CT molecular complexity index is 1070. The molecule has 0 radical (unpaired) electrons. The zero-order valence-electron chi connectivity index (χ0n) is 14.9. The summed E-state index contributed by atoms with van der Waals surface area (Å²) in [7, 11) is 0. The van der Waals surface area contributed by atoms with Gasteiger partial charge in [0, 0.05) is 20.3 Å². The Morgan fingerprint density at radius 3 is 2.46 bits per heavy atom. The van der Waals surface area contributed by atoms with Crippen LogP contribution in [0.3, 0.4) is 0 Å². The van der Waals surface area contributed by atoms with Crippen LogP contribution in [0.4, 0.5) is 0 Å². The minimum atomic E-state index is -0.665. The van der Waals surface area contributed by atoms with Crippen LogP contribution in [0.2, 0.25) is 5.02 Å². The van der Waals surface area contributed by atoms with Gasteiger partial charge in [0.25, 0.3) is 11.7 Å². The number of amides is 1. The highest BCUT2D eigenvalue weighted by Crippen LogP contribution is 2.43. The van der Waals surface area contributed by atoms with Crippen molar-refractivity contribution in [1.29, 1.82) is 0 Å². The maximum absolute atomic E-state index is 12.9. The van der Waals surface area contributed by atoms with E-state index in [2.05, 4.69) is 0 Å². The van der Waals surface area contributed by atoms with E-state index in [1.54, 1.807) is 29.2 Å².